The number of primary sulfonamides is 1. The molecule has 0 radical (unpaired) electrons. The first kappa shape index (κ1) is 23.0. The van der Waals surface area contributed by atoms with Crippen molar-refractivity contribution in [1.29, 1.82) is 0 Å². The van der Waals surface area contributed by atoms with Crippen molar-refractivity contribution in [2.45, 2.75) is 17.9 Å². The van der Waals surface area contributed by atoms with Crippen molar-refractivity contribution in [3.63, 3.8) is 0 Å². The van der Waals surface area contributed by atoms with E-state index in [9.17, 15) is 28.1 Å². The van der Waals surface area contributed by atoms with Crippen LogP contribution in [-0.4, -0.2) is 31.3 Å². The van der Waals surface area contributed by atoms with Crippen LogP contribution in [0.3, 0.4) is 0 Å². The van der Waals surface area contributed by atoms with E-state index in [1.54, 1.807) is 0 Å². The minimum absolute atomic E-state index is 0.0397. The summed E-state index contributed by atoms with van der Waals surface area (Å²) < 4.78 is 27.4. The van der Waals surface area contributed by atoms with Crippen molar-refractivity contribution in [3.05, 3.63) is 69.2 Å². The van der Waals surface area contributed by atoms with Crippen LogP contribution in [-0.2, 0) is 24.3 Å². The normalized spacial score (nSPS) is 12.4. The second kappa shape index (κ2) is 9.48. The molecule has 0 bridgehead atoms. The van der Waals surface area contributed by atoms with Crippen molar-refractivity contribution >= 4 is 51.0 Å². The Labute approximate surface area is 176 Å². The highest BCUT2D eigenvalue weighted by Gasteiger charge is 2.17. The summed E-state index contributed by atoms with van der Waals surface area (Å²) in [5, 5.41) is 18.3. The smallest absolute Gasteiger partial charge is 0.331 e. The Morgan fingerprint density at radius 1 is 1.23 bits per heavy atom. The molecule has 2 rings (SSSR count). The van der Waals surface area contributed by atoms with Crippen molar-refractivity contribution in [1.82, 2.24) is 0 Å². The maximum atomic E-state index is 12.1. The number of anilines is 1. The minimum atomic E-state index is -3.85. The third-order valence-electron chi connectivity index (χ3n) is 3.69. The molecule has 1 amide bonds. The lowest BCUT2D eigenvalue weighted by atomic mass is 10.2. The van der Waals surface area contributed by atoms with E-state index in [1.165, 1.54) is 55.5 Å². The molecule has 158 valence electrons. The average Bonchev–Trinajstić information content (AvgIpc) is 2.66. The maximum absolute atomic E-state index is 12.1. The van der Waals surface area contributed by atoms with E-state index >= 15 is 0 Å². The molecule has 0 saturated carbocycles. The number of ether oxygens (including phenoxy) is 1. The number of nitro groups is 1. The maximum Gasteiger partial charge on any atom is 0.331 e. The number of rotatable bonds is 7. The van der Waals surface area contributed by atoms with Gasteiger partial charge in [0.1, 0.15) is 5.02 Å². The molecule has 2 aromatic carbocycles. The second-order valence-corrected chi connectivity index (χ2v) is 7.91. The number of halogens is 1. The fraction of sp³-hybridized carbons (Fsp3) is 0.111. The van der Waals surface area contributed by atoms with Crippen LogP contribution < -0.4 is 10.5 Å². The Kier molecular flexibility index (Phi) is 7.27. The van der Waals surface area contributed by atoms with Gasteiger partial charge in [-0.25, -0.2) is 18.4 Å². The number of carbonyl (C=O) groups is 2. The van der Waals surface area contributed by atoms with E-state index in [0.717, 1.165) is 6.08 Å². The quantitative estimate of drug-likeness (QED) is 0.282. The van der Waals surface area contributed by atoms with Gasteiger partial charge in [-0.1, -0.05) is 17.7 Å². The van der Waals surface area contributed by atoms with E-state index in [0.29, 0.717) is 5.56 Å². The number of nitrogens with two attached hydrogens (primary N) is 1. The number of hydrogen-bond donors (Lipinski definition) is 2. The molecule has 10 nitrogen and oxygen atoms in total. The van der Waals surface area contributed by atoms with E-state index in [4.69, 9.17) is 21.5 Å². The van der Waals surface area contributed by atoms with Gasteiger partial charge in [0, 0.05) is 17.8 Å². The average molecular weight is 454 g/mol. The van der Waals surface area contributed by atoms with E-state index < -0.39 is 32.9 Å². The van der Waals surface area contributed by atoms with Gasteiger partial charge in [0.25, 0.3) is 11.6 Å². The summed E-state index contributed by atoms with van der Waals surface area (Å²) >= 11 is 5.72. The minimum Gasteiger partial charge on any atom is -0.449 e. The van der Waals surface area contributed by atoms with Crippen LogP contribution >= 0.6 is 11.6 Å². The highest BCUT2D eigenvalue weighted by molar-refractivity contribution is 7.89. The van der Waals surface area contributed by atoms with Crippen LogP contribution in [0.15, 0.2) is 53.4 Å². The van der Waals surface area contributed by atoms with Crippen molar-refractivity contribution in [2.24, 2.45) is 5.14 Å². The van der Waals surface area contributed by atoms with Gasteiger partial charge in [0.2, 0.25) is 10.0 Å². The van der Waals surface area contributed by atoms with Crippen LogP contribution in [0, 0.1) is 10.1 Å². The van der Waals surface area contributed by atoms with Crippen molar-refractivity contribution < 1.29 is 27.7 Å². The van der Waals surface area contributed by atoms with Crippen LogP contribution in [0.2, 0.25) is 5.02 Å². The third-order valence-corrected chi connectivity index (χ3v) is 4.94. The lowest BCUT2D eigenvalue weighted by Crippen LogP contribution is -2.29. The number of nitrogens with zero attached hydrogens (tertiary/aromatic N) is 1. The first-order valence-electron chi connectivity index (χ1n) is 8.24. The van der Waals surface area contributed by atoms with E-state index in [-0.39, 0.29) is 21.3 Å². The molecule has 0 heterocycles. The lowest BCUT2D eigenvalue weighted by Gasteiger charge is -2.12. The van der Waals surface area contributed by atoms with Crippen LogP contribution in [0.1, 0.15) is 12.5 Å². The topological polar surface area (TPSA) is 159 Å². The lowest BCUT2D eigenvalue weighted by molar-refractivity contribution is -0.384. The summed E-state index contributed by atoms with van der Waals surface area (Å²) in [7, 11) is -3.85. The van der Waals surface area contributed by atoms with Crippen LogP contribution in [0.5, 0.6) is 0 Å². The SMILES string of the molecule is CC(OC(=O)/C=C/c1ccc(Cl)c([N+](=O)[O-])c1)C(=O)Nc1ccc(S(N)(=O)=O)cc1. The van der Waals surface area contributed by atoms with Gasteiger partial charge in [-0.05, 0) is 48.9 Å². The summed E-state index contributed by atoms with van der Waals surface area (Å²) in [6, 6.07) is 9.08. The van der Waals surface area contributed by atoms with Crippen molar-refractivity contribution in [2.75, 3.05) is 5.32 Å². The largest absolute Gasteiger partial charge is 0.449 e. The number of carbonyl (C=O) groups excluding carboxylic acids is 2. The highest BCUT2D eigenvalue weighted by atomic mass is 35.5. The van der Waals surface area contributed by atoms with Gasteiger partial charge in [0.05, 0.1) is 9.82 Å². The Morgan fingerprint density at radius 2 is 1.87 bits per heavy atom. The molecular weight excluding hydrogens is 438 g/mol. The number of esters is 1. The molecule has 0 aliphatic heterocycles. The molecule has 0 aliphatic rings. The number of sulfonamides is 1. The zero-order valence-corrected chi connectivity index (χ0v) is 17.0. The first-order chi connectivity index (χ1) is 14.0. The molecule has 0 aliphatic carbocycles. The number of hydrogen-bond acceptors (Lipinski definition) is 7. The van der Waals surface area contributed by atoms with Crippen LogP contribution in [0.4, 0.5) is 11.4 Å². The van der Waals surface area contributed by atoms with Gasteiger partial charge in [-0.3, -0.25) is 14.9 Å². The van der Waals surface area contributed by atoms with Gasteiger partial charge in [-0.2, -0.15) is 0 Å². The predicted octanol–water partition coefficient (Wildman–Crippen LogP) is 2.48. The fourth-order valence-electron chi connectivity index (χ4n) is 2.18. The summed E-state index contributed by atoms with van der Waals surface area (Å²) in [5.74, 6) is -1.50. The molecule has 0 fully saturated rings. The zero-order chi connectivity index (χ0) is 22.5. The van der Waals surface area contributed by atoms with E-state index in [1.807, 2.05) is 0 Å². The Morgan fingerprint density at radius 3 is 2.43 bits per heavy atom. The number of nitro benzene ring substituents is 1. The molecule has 1 unspecified atom stereocenters. The van der Waals surface area contributed by atoms with Gasteiger partial charge >= 0.3 is 5.97 Å². The van der Waals surface area contributed by atoms with Gasteiger partial charge in [-0.15, -0.1) is 0 Å². The summed E-state index contributed by atoms with van der Waals surface area (Å²) in [4.78, 5) is 34.1. The van der Waals surface area contributed by atoms with Gasteiger partial charge < -0.3 is 10.1 Å². The number of amides is 1. The van der Waals surface area contributed by atoms with E-state index in [2.05, 4.69) is 5.32 Å². The van der Waals surface area contributed by atoms with Gasteiger partial charge in [0.15, 0.2) is 6.10 Å². The molecule has 3 N–H and O–H groups in total. The first-order valence-corrected chi connectivity index (χ1v) is 10.2. The molecular formula is C18H16ClN3O7S. The predicted molar refractivity (Wildman–Crippen MR) is 109 cm³/mol. The highest BCUT2D eigenvalue weighted by Crippen LogP contribution is 2.25. The Bertz CT molecular complexity index is 1120. The third kappa shape index (κ3) is 6.37. The molecule has 0 aromatic heterocycles. The molecule has 0 spiro atoms. The molecule has 30 heavy (non-hydrogen) atoms. The van der Waals surface area contributed by atoms with Crippen LogP contribution in [0.25, 0.3) is 6.08 Å². The molecule has 1 atom stereocenters. The molecule has 2 aromatic rings. The summed E-state index contributed by atoms with van der Waals surface area (Å²) in [6.07, 6.45) is 1.12. The monoisotopic (exact) mass is 453 g/mol. The summed E-state index contributed by atoms with van der Waals surface area (Å²) in [5.41, 5.74) is 0.308. The molecule has 0 saturated heterocycles. The number of benzene rings is 2. The zero-order valence-electron chi connectivity index (χ0n) is 15.4. The molecule has 12 heteroatoms. The second-order valence-electron chi connectivity index (χ2n) is 5.94. The standard InChI is InChI=1S/C18H16ClN3O7S/c1-11(18(24)21-13-4-6-14(7-5-13)30(20,27)28)29-17(23)9-3-12-2-8-15(19)16(10-12)22(25)26/h2-11H,1H3,(H,21,24)(H2,20,27,28)/b9-3+. The Hall–Kier alpha value is -3.28. The summed E-state index contributed by atoms with van der Waals surface area (Å²) in [6.45, 7) is 1.34. The fourth-order valence-corrected chi connectivity index (χ4v) is 2.88. The number of nitrogens with one attached hydrogen (secondary N) is 1. The van der Waals surface area contributed by atoms with Crippen molar-refractivity contribution in [3.8, 4) is 0 Å². The Balaban J connectivity index is 1.96.